The Hall–Kier alpha value is -1.40. The van der Waals surface area contributed by atoms with Gasteiger partial charge in [-0.25, -0.2) is 0 Å². The number of hydrogen-bond acceptors (Lipinski definition) is 6. The van der Waals surface area contributed by atoms with E-state index in [4.69, 9.17) is 18.9 Å². The minimum absolute atomic E-state index is 0.0358. The molecule has 2 saturated heterocycles. The van der Waals surface area contributed by atoms with Gasteiger partial charge in [0.25, 0.3) is 0 Å². The second-order valence-corrected chi connectivity index (χ2v) is 11.7. The Bertz CT molecular complexity index is 850. The number of ether oxygens (including phenoxy) is 4. The highest BCUT2D eigenvalue weighted by molar-refractivity contribution is 5.67. The first-order valence-corrected chi connectivity index (χ1v) is 12.3. The molecule has 6 heteroatoms. The summed E-state index contributed by atoms with van der Waals surface area (Å²) < 4.78 is 24.4. The van der Waals surface area contributed by atoms with Crippen molar-refractivity contribution in [2.24, 2.45) is 34.0 Å². The number of fused-ring (bicyclic) bond motifs is 5. The lowest BCUT2D eigenvalue weighted by atomic mass is 9.42. The lowest BCUT2D eigenvalue weighted by Crippen LogP contribution is -2.69. The molecule has 6 nitrogen and oxygen atoms in total. The second kappa shape index (κ2) is 7.05. The van der Waals surface area contributed by atoms with Gasteiger partial charge in [-0.1, -0.05) is 26.3 Å². The van der Waals surface area contributed by atoms with Crippen LogP contribution in [0.3, 0.4) is 0 Å². The normalized spacial score (nSPS) is 48.2. The van der Waals surface area contributed by atoms with E-state index in [1.165, 1.54) is 19.4 Å². The molecule has 2 aliphatic heterocycles. The fraction of sp³-hybridized carbons (Fsp3) is 0.846. The molecule has 1 spiro atoms. The van der Waals surface area contributed by atoms with Crippen molar-refractivity contribution >= 4 is 11.9 Å². The number of methoxy groups -OCH3 is 1. The highest BCUT2D eigenvalue weighted by atomic mass is 16.7. The van der Waals surface area contributed by atoms with E-state index in [0.717, 1.165) is 38.5 Å². The van der Waals surface area contributed by atoms with Gasteiger partial charge >= 0.3 is 11.9 Å². The molecule has 3 unspecified atom stereocenters. The molecule has 32 heavy (non-hydrogen) atoms. The van der Waals surface area contributed by atoms with Crippen LogP contribution in [0.4, 0.5) is 0 Å². The maximum Gasteiger partial charge on any atom is 0.303 e. The molecule has 2 heterocycles. The van der Waals surface area contributed by atoms with Gasteiger partial charge in [0.1, 0.15) is 12.2 Å². The van der Waals surface area contributed by atoms with Gasteiger partial charge in [0.15, 0.2) is 5.79 Å². The van der Waals surface area contributed by atoms with Crippen molar-refractivity contribution in [3.63, 3.8) is 0 Å². The van der Waals surface area contributed by atoms with E-state index in [9.17, 15) is 9.59 Å². The third-order valence-electron chi connectivity index (χ3n) is 10.2. The maximum absolute atomic E-state index is 12.2. The highest BCUT2D eigenvalue weighted by Gasteiger charge is 2.71. The van der Waals surface area contributed by atoms with Gasteiger partial charge in [-0.15, -0.1) is 0 Å². The smallest absolute Gasteiger partial charge is 0.303 e. The van der Waals surface area contributed by atoms with Crippen molar-refractivity contribution in [1.82, 2.24) is 0 Å². The molecular weight excluding hydrogens is 408 g/mol. The summed E-state index contributed by atoms with van der Waals surface area (Å²) >= 11 is 0. The monoisotopic (exact) mass is 446 g/mol. The molecule has 0 amide bonds. The molecule has 8 atom stereocenters. The molecule has 0 radical (unpaired) electrons. The summed E-state index contributed by atoms with van der Waals surface area (Å²) in [6, 6.07) is 0. The molecule has 6 rings (SSSR count). The fourth-order valence-electron chi connectivity index (χ4n) is 8.82. The Kier molecular flexibility index (Phi) is 4.93. The van der Waals surface area contributed by atoms with Crippen LogP contribution in [0, 0.1) is 34.0 Å². The van der Waals surface area contributed by atoms with Gasteiger partial charge in [0, 0.05) is 49.5 Å². The van der Waals surface area contributed by atoms with Crippen LogP contribution in [0.2, 0.25) is 0 Å². The second-order valence-electron chi connectivity index (χ2n) is 11.7. The zero-order chi connectivity index (χ0) is 23.1. The van der Waals surface area contributed by atoms with Crippen LogP contribution >= 0.6 is 0 Å². The van der Waals surface area contributed by atoms with Gasteiger partial charge < -0.3 is 18.9 Å². The van der Waals surface area contributed by atoms with Gasteiger partial charge in [0.2, 0.25) is 0 Å². The van der Waals surface area contributed by atoms with Gasteiger partial charge in [-0.2, -0.15) is 0 Å². The zero-order valence-electron chi connectivity index (χ0n) is 20.4. The Morgan fingerprint density at radius 3 is 2.28 bits per heavy atom. The van der Waals surface area contributed by atoms with E-state index >= 15 is 0 Å². The van der Waals surface area contributed by atoms with Crippen LogP contribution in [-0.4, -0.2) is 43.7 Å². The fourth-order valence-corrected chi connectivity index (χ4v) is 8.82. The van der Waals surface area contributed by atoms with Crippen LogP contribution in [0.1, 0.15) is 73.1 Å². The predicted octanol–water partition coefficient (Wildman–Crippen LogP) is 4.41. The van der Waals surface area contributed by atoms with Crippen molar-refractivity contribution in [1.29, 1.82) is 0 Å². The first-order chi connectivity index (χ1) is 15.0. The van der Waals surface area contributed by atoms with Gasteiger partial charge in [-0.05, 0) is 50.0 Å². The van der Waals surface area contributed by atoms with Crippen LogP contribution in [0.5, 0.6) is 0 Å². The molecule has 0 aromatic carbocycles. The Morgan fingerprint density at radius 2 is 1.69 bits per heavy atom. The highest BCUT2D eigenvalue weighted by Crippen LogP contribution is 2.71. The minimum atomic E-state index is -0.620. The largest absolute Gasteiger partial charge is 0.462 e. The van der Waals surface area contributed by atoms with E-state index in [0.29, 0.717) is 18.4 Å². The van der Waals surface area contributed by atoms with Crippen molar-refractivity contribution in [3.8, 4) is 0 Å². The van der Waals surface area contributed by atoms with Crippen molar-refractivity contribution in [3.05, 3.63) is 11.6 Å². The summed E-state index contributed by atoms with van der Waals surface area (Å²) in [4.78, 5) is 24.0. The predicted molar refractivity (Wildman–Crippen MR) is 117 cm³/mol. The molecule has 6 aliphatic rings. The van der Waals surface area contributed by atoms with Crippen LogP contribution < -0.4 is 0 Å². The summed E-state index contributed by atoms with van der Waals surface area (Å²) in [6.45, 7) is 10.4. The summed E-state index contributed by atoms with van der Waals surface area (Å²) in [7, 11) is 1.75. The molecule has 178 valence electrons. The topological polar surface area (TPSA) is 71.1 Å². The lowest BCUT2D eigenvalue weighted by molar-refractivity contribution is -0.346. The van der Waals surface area contributed by atoms with Crippen LogP contribution in [-0.2, 0) is 28.5 Å². The number of hydrogen-bond donors (Lipinski definition) is 0. The third kappa shape index (κ3) is 2.71. The number of carbonyl (C=O) groups excluding carboxylic acids is 2. The summed E-state index contributed by atoms with van der Waals surface area (Å²) in [5.41, 5.74) is 0.947. The molecule has 0 N–H and O–H groups in total. The van der Waals surface area contributed by atoms with Crippen LogP contribution in [0.15, 0.2) is 11.6 Å². The Balaban J connectivity index is 1.60. The van der Waals surface area contributed by atoms with E-state index < -0.39 is 5.79 Å². The molecule has 4 aliphatic carbocycles. The first-order valence-electron chi connectivity index (χ1n) is 12.3. The van der Waals surface area contributed by atoms with E-state index in [1.807, 2.05) is 0 Å². The molecule has 2 bridgehead atoms. The minimum Gasteiger partial charge on any atom is -0.462 e. The number of esters is 2. The Morgan fingerprint density at radius 1 is 0.969 bits per heavy atom. The molecular formula is C26H38O6. The van der Waals surface area contributed by atoms with Crippen molar-refractivity contribution in [2.45, 2.75) is 91.1 Å². The Labute approximate surface area is 191 Å². The SMILES string of the molecule is COC12CC[C@@]3(CO1)C(=CC(OC(C)=O)[C@@H]1[C@@H]3CC[C@]3(C)C(OC(C)=O)CC[C@@H]13)C2(C)C. The van der Waals surface area contributed by atoms with Crippen molar-refractivity contribution < 1.29 is 28.5 Å². The van der Waals surface area contributed by atoms with Crippen molar-refractivity contribution in [2.75, 3.05) is 13.7 Å². The van der Waals surface area contributed by atoms with Crippen LogP contribution in [0.25, 0.3) is 0 Å². The van der Waals surface area contributed by atoms with E-state index in [1.54, 1.807) is 7.11 Å². The molecule has 5 fully saturated rings. The number of carbonyl (C=O) groups is 2. The van der Waals surface area contributed by atoms with Gasteiger partial charge in [0.05, 0.1) is 6.61 Å². The third-order valence-corrected chi connectivity index (χ3v) is 10.2. The molecule has 3 saturated carbocycles. The average molecular weight is 447 g/mol. The summed E-state index contributed by atoms with van der Waals surface area (Å²) in [6.07, 6.45) is 7.81. The summed E-state index contributed by atoms with van der Waals surface area (Å²) in [5.74, 6) is -0.109. The maximum atomic E-state index is 12.2. The average Bonchev–Trinajstić information content (AvgIpc) is 3.05. The lowest BCUT2D eigenvalue weighted by Gasteiger charge is -2.68. The molecule has 0 aromatic heterocycles. The van der Waals surface area contributed by atoms with E-state index in [2.05, 4.69) is 26.8 Å². The number of rotatable bonds is 3. The first kappa shape index (κ1) is 22.4. The van der Waals surface area contributed by atoms with E-state index in [-0.39, 0.29) is 46.3 Å². The zero-order valence-corrected chi connectivity index (χ0v) is 20.4. The quantitative estimate of drug-likeness (QED) is 0.472. The summed E-state index contributed by atoms with van der Waals surface area (Å²) in [5, 5.41) is 0. The standard InChI is InChI=1S/C26H38O6/c1-15(27)31-19-13-20-23(3,4)26(29-6)12-11-25(20,14-30-26)18-9-10-24(5)17(22(18)19)7-8-21(24)32-16(2)28/h13,17-19,21-22H,7-12,14H2,1-6H3/t17-,18-,19?,21?,22-,24-,25-,26?/m0/s1. The molecule has 0 aromatic rings. The van der Waals surface area contributed by atoms with Gasteiger partial charge in [-0.3, -0.25) is 9.59 Å².